The highest BCUT2D eigenvalue weighted by Crippen LogP contribution is 2.29. The zero-order chi connectivity index (χ0) is 16.9. The van der Waals surface area contributed by atoms with E-state index in [0.717, 1.165) is 12.1 Å². The Morgan fingerprint density at radius 2 is 1.82 bits per heavy atom. The number of carbonyl (C=O) groups is 2. The van der Waals surface area contributed by atoms with Gasteiger partial charge in [0.15, 0.2) is 0 Å². The lowest BCUT2D eigenvalue weighted by Crippen LogP contribution is -2.41. The van der Waals surface area contributed by atoms with Crippen molar-refractivity contribution < 1.29 is 27.9 Å². The summed E-state index contributed by atoms with van der Waals surface area (Å²) in [6.07, 6.45) is -4.54. The van der Waals surface area contributed by atoms with Gasteiger partial charge >= 0.3 is 12.1 Å². The molecule has 4 nitrogen and oxygen atoms in total. The Morgan fingerprint density at radius 1 is 1.27 bits per heavy atom. The average Bonchev–Trinajstić information content (AvgIpc) is 2.36. The highest BCUT2D eigenvalue weighted by Gasteiger charge is 2.30. The zero-order valence-corrected chi connectivity index (χ0v) is 11.9. The van der Waals surface area contributed by atoms with Crippen molar-refractivity contribution in [3.63, 3.8) is 0 Å². The first-order valence-electron chi connectivity index (χ1n) is 6.42. The van der Waals surface area contributed by atoms with E-state index < -0.39 is 29.7 Å². The maximum absolute atomic E-state index is 12.4. The SMILES string of the molecule is C=C(C)C[C@@H](NC(=O)Cc1ccc(C(F)(F)F)cc1)C(=O)O. The highest BCUT2D eigenvalue weighted by atomic mass is 19.4. The first-order chi connectivity index (χ1) is 10.1. The van der Waals surface area contributed by atoms with Crippen molar-refractivity contribution in [3.8, 4) is 0 Å². The highest BCUT2D eigenvalue weighted by molar-refractivity contribution is 5.85. The number of halogens is 3. The van der Waals surface area contributed by atoms with Crippen molar-refractivity contribution in [1.82, 2.24) is 5.32 Å². The molecule has 0 saturated carbocycles. The Balaban J connectivity index is 2.68. The van der Waals surface area contributed by atoms with Crippen molar-refractivity contribution in [2.24, 2.45) is 0 Å². The van der Waals surface area contributed by atoms with Gasteiger partial charge in [0.05, 0.1) is 12.0 Å². The van der Waals surface area contributed by atoms with Crippen LogP contribution in [0.15, 0.2) is 36.4 Å². The van der Waals surface area contributed by atoms with Crippen molar-refractivity contribution in [3.05, 3.63) is 47.5 Å². The Labute approximate surface area is 125 Å². The van der Waals surface area contributed by atoms with Gasteiger partial charge < -0.3 is 10.4 Å². The van der Waals surface area contributed by atoms with Crippen LogP contribution in [0.5, 0.6) is 0 Å². The van der Waals surface area contributed by atoms with Crippen molar-refractivity contribution in [2.75, 3.05) is 0 Å². The van der Waals surface area contributed by atoms with Crippen LogP contribution >= 0.6 is 0 Å². The lowest BCUT2D eigenvalue weighted by Gasteiger charge is -2.14. The summed E-state index contributed by atoms with van der Waals surface area (Å²) < 4.78 is 37.2. The number of hydrogen-bond acceptors (Lipinski definition) is 2. The molecule has 7 heteroatoms. The predicted molar refractivity (Wildman–Crippen MR) is 74.1 cm³/mol. The van der Waals surface area contributed by atoms with Crippen LogP contribution in [0.4, 0.5) is 13.2 Å². The third-order valence-electron chi connectivity index (χ3n) is 2.83. The predicted octanol–water partition coefficient (Wildman–Crippen LogP) is 2.78. The second kappa shape index (κ2) is 7.11. The van der Waals surface area contributed by atoms with Crippen LogP contribution in [-0.4, -0.2) is 23.0 Å². The minimum absolute atomic E-state index is 0.0914. The van der Waals surface area contributed by atoms with Gasteiger partial charge in [-0.2, -0.15) is 13.2 Å². The van der Waals surface area contributed by atoms with E-state index in [4.69, 9.17) is 5.11 Å². The summed E-state index contributed by atoms with van der Waals surface area (Å²) in [4.78, 5) is 22.8. The molecule has 0 radical (unpaired) electrons. The van der Waals surface area contributed by atoms with Crippen LogP contribution in [0.1, 0.15) is 24.5 Å². The quantitative estimate of drug-likeness (QED) is 0.793. The second-order valence-electron chi connectivity index (χ2n) is 4.99. The molecular weight excluding hydrogens is 299 g/mol. The van der Waals surface area contributed by atoms with Gasteiger partial charge in [0.25, 0.3) is 0 Å². The van der Waals surface area contributed by atoms with Gasteiger partial charge in [-0.3, -0.25) is 4.79 Å². The molecular formula is C15H16F3NO3. The maximum atomic E-state index is 12.4. The van der Waals surface area contributed by atoms with Crippen LogP contribution in [-0.2, 0) is 22.2 Å². The molecule has 120 valence electrons. The van der Waals surface area contributed by atoms with Gasteiger partial charge in [-0.05, 0) is 31.0 Å². The number of nitrogens with one attached hydrogen (secondary N) is 1. The molecule has 1 atom stereocenters. The number of carboxylic acids is 1. The van der Waals surface area contributed by atoms with Gasteiger partial charge in [-0.15, -0.1) is 6.58 Å². The Bertz CT molecular complexity index is 564. The van der Waals surface area contributed by atoms with E-state index in [1.54, 1.807) is 6.92 Å². The number of hydrogen-bond donors (Lipinski definition) is 2. The first kappa shape index (κ1) is 17.7. The topological polar surface area (TPSA) is 66.4 Å². The fraction of sp³-hybridized carbons (Fsp3) is 0.333. The number of rotatable bonds is 6. The normalized spacial score (nSPS) is 12.5. The van der Waals surface area contributed by atoms with Gasteiger partial charge in [-0.25, -0.2) is 4.79 Å². The van der Waals surface area contributed by atoms with E-state index in [2.05, 4.69) is 11.9 Å². The molecule has 0 aliphatic heterocycles. The maximum Gasteiger partial charge on any atom is 0.416 e. The Kier molecular flexibility index (Phi) is 5.73. The average molecular weight is 315 g/mol. The molecule has 0 unspecified atom stereocenters. The van der Waals surface area contributed by atoms with Crippen molar-refractivity contribution in [2.45, 2.75) is 32.0 Å². The summed E-state index contributed by atoms with van der Waals surface area (Å²) in [5.41, 5.74) is 0.162. The number of amides is 1. The number of carboxylic acid groups (broad SMARTS) is 1. The summed E-state index contributed by atoms with van der Waals surface area (Å²) in [6, 6.07) is 3.05. The number of benzene rings is 1. The molecule has 0 aliphatic rings. The summed E-state index contributed by atoms with van der Waals surface area (Å²) in [6.45, 7) is 5.22. The number of carbonyl (C=O) groups excluding carboxylic acids is 1. The zero-order valence-electron chi connectivity index (χ0n) is 11.9. The molecule has 0 aromatic heterocycles. The molecule has 2 N–H and O–H groups in total. The fourth-order valence-electron chi connectivity index (χ4n) is 1.79. The Hall–Kier alpha value is -2.31. The van der Waals surface area contributed by atoms with E-state index in [1.807, 2.05) is 0 Å². The molecule has 0 fully saturated rings. The molecule has 0 spiro atoms. The second-order valence-corrected chi connectivity index (χ2v) is 4.99. The molecule has 1 aromatic carbocycles. The largest absolute Gasteiger partial charge is 0.480 e. The standard InChI is InChI=1S/C15H16F3NO3/c1-9(2)7-12(14(21)22)19-13(20)8-10-3-5-11(6-4-10)15(16,17)18/h3-6,12H,1,7-8H2,2H3,(H,19,20)(H,21,22)/t12-/m1/s1. The molecule has 0 heterocycles. The molecule has 22 heavy (non-hydrogen) atoms. The minimum atomic E-state index is -4.43. The summed E-state index contributed by atoms with van der Waals surface area (Å²) in [7, 11) is 0. The molecule has 1 rings (SSSR count). The molecule has 0 saturated heterocycles. The lowest BCUT2D eigenvalue weighted by molar-refractivity contribution is -0.141. The van der Waals surface area contributed by atoms with E-state index >= 15 is 0 Å². The van der Waals surface area contributed by atoms with Gasteiger partial charge in [0, 0.05) is 0 Å². The van der Waals surface area contributed by atoms with Gasteiger partial charge in [-0.1, -0.05) is 17.7 Å². The summed E-state index contributed by atoms with van der Waals surface area (Å²) >= 11 is 0. The summed E-state index contributed by atoms with van der Waals surface area (Å²) in [5, 5.41) is 11.3. The first-order valence-corrected chi connectivity index (χ1v) is 6.42. The van der Waals surface area contributed by atoms with Crippen LogP contribution in [0.25, 0.3) is 0 Å². The van der Waals surface area contributed by atoms with Crippen LogP contribution in [0.3, 0.4) is 0 Å². The van der Waals surface area contributed by atoms with E-state index in [-0.39, 0.29) is 12.8 Å². The van der Waals surface area contributed by atoms with Crippen molar-refractivity contribution >= 4 is 11.9 Å². The number of alkyl halides is 3. The number of aliphatic carboxylic acids is 1. The fourth-order valence-corrected chi connectivity index (χ4v) is 1.79. The molecule has 0 aliphatic carbocycles. The third kappa shape index (κ3) is 5.59. The summed E-state index contributed by atoms with van der Waals surface area (Å²) in [5.74, 6) is -1.77. The molecule has 1 amide bonds. The van der Waals surface area contributed by atoms with Gasteiger partial charge in [0.1, 0.15) is 6.04 Å². The van der Waals surface area contributed by atoms with E-state index in [9.17, 15) is 22.8 Å². The van der Waals surface area contributed by atoms with Crippen molar-refractivity contribution in [1.29, 1.82) is 0 Å². The molecule has 1 aromatic rings. The minimum Gasteiger partial charge on any atom is -0.480 e. The van der Waals surface area contributed by atoms with Crippen LogP contribution < -0.4 is 5.32 Å². The third-order valence-corrected chi connectivity index (χ3v) is 2.83. The lowest BCUT2D eigenvalue weighted by atomic mass is 10.1. The molecule has 0 bridgehead atoms. The monoisotopic (exact) mass is 315 g/mol. The smallest absolute Gasteiger partial charge is 0.416 e. The Morgan fingerprint density at radius 3 is 2.23 bits per heavy atom. The van der Waals surface area contributed by atoms with E-state index in [0.29, 0.717) is 11.1 Å². The van der Waals surface area contributed by atoms with Gasteiger partial charge in [0.2, 0.25) is 5.91 Å². The van der Waals surface area contributed by atoms with Crippen LogP contribution in [0, 0.1) is 0 Å². The van der Waals surface area contributed by atoms with E-state index in [1.165, 1.54) is 12.1 Å². The van der Waals surface area contributed by atoms with Crippen LogP contribution in [0.2, 0.25) is 0 Å².